The molecule has 1 atom stereocenters. The highest BCUT2D eigenvalue weighted by atomic mass is 32.2. The van der Waals surface area contributed by atoms with Crippen molar-refractivity contribution < 1.29 is 18.3 Å². The van der Waals surface area contributed by atoms with Gasteiger partial charge in [0.15, 0.2) is 9.84 Å². The minimum absolute atomic E-state index is 0.0423. The highest BCUT2D eigenvalue weighted by molar-refractivity contribution is 7.91. The largest absolute Gasteiger partial charge is 0.481 e. The third-order valence-electron chi connectivity index (χ3n) is 3.08. The van der Waals surface area contributed by atoms with E-state index >= 15 is 0 Å². The molecule has 1 unspecified atom stereocenters. The number of rotatable bonds is 4. The van der Waals surface area contributed by atoms with Crippen molar-refractivity contribution in [3.05, 3.63) is 0 Å². The van der Waals surface area contributed by atoms with Gasteiger partial charge in [0.1, 0.15) is 0 Å². The van der Waals surface area contributed by atoms with Crippen LogP contribution in [0, 0.1) is 0 Å². The fourth-order valence-corrected chi connectivity index (χ4v) is 4.03. The van der Waals surface area contributed by atoms with Crippen LogP contribution >= 0.6 is 0 Å². The predicted octanol–water partition coefficient (Wildman–Crippen LogP) is 0.749. The van der Waals surface area contributed by atoms with E-state index in [4.69, 9.17) is 5.11 Å². The smallest absolute Gasteiger partial charge is 0.304 e. The van der Waals surface area contributed by atoms with Crippen LogP contribution in [-0.4, -0.2) is 54.0 Å². The second kappa shape index (κ2) is 4.94. The minimum Gasteiger partial charge on any atom is -0.481 e. The number of carboxylic acids is 1. The molecule has 6 heteroatoms. The van der Waals surface area contributed by atoms with Crippen molar-refractivity contribution >= 4 is 15.8 Å². The molecule has 0 aromatic rings. The molecule has 100 valence electrons. The van der Waals surface area contributed by atoms with Gasteiger partial charge in [0.2, 0.25) is 0 Å². The summed E-state index contributed by atoms with van der Waals surface area (Å²) in [7, 11) is -2.93. The molecule has 1 aliphatic rings. The first kappa shape index (κ1) is 14.4. The summed E-state index contributed by atoms with van der Waals surface area (Å²) in [6.07, 6.45) is 0.660. The molecule has 1 N–H and O–H groups in total. The van der Waals surface area contributed by atoms with Gasteiger partial charge in [-0.25, -0.2) is 8.42 Å². The average Bonchev–Trinajstić information content (AvgIpc) is 2.43. The molecule has 0 aromatic heterocycles. The lowest BCUT2D eigenvalue weighted by atomic mass is 10.0. The van der Waals surface area contributed by atoms with Crippen molar-refractivity contribution in [2.75, 3.05) is 18.1 Å². The Kier molecular flexibility index (Phi) is 4.19. The van der Waals surface area contributed by atoms with Crippen molar-refractivity contribution in [1.29, 1.82) is 0 Å². The zero-order chi connectivity index (χ0) is 13.3. The first-order valence-corrected chi connectivity index (χ1v) is 7.63. The lowest BCUT2D eigenvalue weighted by molar-refractivity contribution is -0.137. The summed E-state index contributed by atoms with van der Waals surface area (Å²) >= 11 is 0. The van der Waals surface area contributed by atoms with Gasteiger partial charge in [0.25, 0.3) is 0 Å². The van der Waals surface area contributed by atoms with Gasteiger partial charge >= 0.3 is 5.97 Å². The van der Waals surface area contributed by atoms with E-state index in [0.717, 1.165) is 0 Å². The second-order valence-corrected chi connectivity index (χ2v) is 7.79. The average molecular weight is 263 g/mol. The number of sulfone groups is 1. The van der Waals surface area contributed by atoms with Crippen molar-refractivity contribution in [1.82, 2.24) is 4.90 Å². The molecule has 0 aliphatic carbocycles. The normalized spacial score (nSPS) is 24.1. The van der Waals surface area contributed by atoms with Crippen molar-refractivity contribution in [3.63, 3.8) is 0 Å². The highest BCUT2D eigenvalue weighted by Gasteiger charge is 2.36. The Hall–Kier alpha value is -0.620. The number of carbonyl (C=O) groups is 1. The molecule has 1 fully saturated rings. The summed E-state index contributed by atoms with van der Waals surface area (Å²) in [5.74, 6) is -0.471. The molecule has 1 saturated heterocycles. The van der Waals surface area contributed by atoms with Gasteiger partial charge in [-0.15, -0.1) is 0 Å². The molecule has 0 saturated carbocycles. The summed E-state index contributed by atoms with van der Waals surface area (Å²) < 4.78 is 22.9. The summed E-state index contributed by atoms with van der Waals surface area (Å²) in [5, 5.41) is 8.73. The summed E-state index contributed by atoms with van der Waals surface area (Å²) in [6.45, 7) is 6.36. The molecule has 1 rings (SSSR count). The number of aliphatic carboxylic acids is 1. The maximum absolute atomic E-state index is 11.5. The summed E-state index contributed by atoms with van der Waals surface area (Å²) in [6, 6.07) is -0.0423. The fourth-order valence-electron chi connectivity index (χ4n) is 2.30. The fraction of sp³-hybridized carbons (Fsp3) is 0.909. The topological polar surface area (TPSA) is 74.7 Å². The van der Waals surface area contributed by atoms with Crippen LogP contribution in [-0.2, 0) is 14.6 Å². The van der Waals surface area contributed by atoms with Crippen LogP contribution in [0.15, 0.2) is 0 Å². The molecule has 0 spiro atoms. The van der Waals surface area contributed by atoms with E-state index in [2.05, 4.69) is 0 Å². The quantitative estimate of drug-likeness (QED) is 0.810. The van der Waals surface area contributed by atoms with Crippen molar-refractivity contribution in [2.24, 2.45) is 0 Å². The minimum atomic E-state index is -2.93. The molecule has 5 nitrogen and oxygen atoms in total. The molecular weight excluding hydrogens is 242 g/mol. The van der Waals surface area contributed by atoms with E-state index < -0.39 is 15.8 Å². The molecule has 0 aromatic carbocycles. The van der Waals surface area contributed by atoms with Crippen LogP contribution in [0.4, 0.5) is 0 Å². The first-order chi connectivity index (χ1) is 7.62. The van der Waals surface area contributed by atoms with E-state index in [1.807, 2.05) is 25.7 Å². The standard InChI is InChI=1S/C11H21NO4S/c1-11(2,3)12(6-4-10(13)14)9-5-7-17(15,16)8-9/h9H,4-8H2,1-3H3,(H,13,14). The SMILES string of the molecule is CC(C)(C)N(CCC(=O)O)C1CCS(=O)(=O)C1. The Labute approximate surface area is 103 Å². The number of hydrogen-bond donors (Lipinski definition) is 1. The van der Waals surface area contributed by atoms with E-state index in [9.17, 15) is 13.2 Å². The molecule has 1 heterocycles. The molecule has 0 radical (unpaired) electrons. The van der Waals surface area contributed by atoms with E-state index in [1.54, 1.807) is 0 Å². The van der Waals surface area contributed by atoms with Crippen LogP contribution in [0.2, 0.25) is 0 Å². The zero-order valence-electron chi connectivity index (χ0n) is 10.6. The number of carboxylic acid groups (broad SMARTS) is 1. The highest BCUT2D eigenvalue weighted by Crippen LogP contribution is 2.25. The molecule has 17 heavy (non-hydrogen) atoms. The maximum atomic E-state index is 11.5. The van der Waals surface area contributed by atoms with Gasteiger partial charge in [-0.05, 0) is 27.2 Å². The lowest BCUT2D eigenvalue weighted by Crippen LogP contribution is -2.49. The van der Waals surface area contributed by atoms with E-state index in [-0.39, 0.29) is 29.5 Å². The van der Waals surface area contributed by atoms with Crippen molar-refractivity contribution in [2.45, 2.75) is 45.2 Å². The summed E-state index contributed by atoms with van der Waals surface area (Å²) in [5.41, 5.74) is -0.208. The Morgan fingerprint density at radius 2 is 2.00 bits per heavy atom. The monoisotopic (exact) mass is 263 g/mol. The van der Waals surface area contributed by atoms with Crippen LogP contribution in [0.3, 0.4) is 0 Å². The Balaban J connectivity index is 2.74. The molecule has 0 bridgehead atoms. The summed E-state index contributed by atoms with van der Waals surface area (Å²) in [4.78, 5) is 12.6. The lowest BCUT2D eigenvalue weighted by Gasteiger charge is -2.39. The van der Waals surface area contributed by atoms with Gasteiger partial charge in [0, 0.05) is 18.1 Å². The number of nitrogens with zero attached hydrogens (tertiary/aromatic N) is 1. The van der Waals surface area contributed by atoms with Crippen LogP contribution < -0.4 is 0 Å². The molecule has 0 amide bonds. The molecular formula is C11H21NO4S. The van der Waals surface area contributed by atoms with Gasteiger partial charge in [-0.2, -0.15) is 0 Å². The van der Waals surface area contributed by atoms with Gasteiger partial charge in [0.05, 0.1) is 17.9 Å². The Morgan fingerprint density at radius 1 is 1.41 bits per heavy atom. The van der Waals surface area contributed by atoms with E-state index in [0.29, 0.717) is 13.0 Å². The number of hydrogen-bond acceptors (Lipinski definition) is 4. The van der Waals surface area contributed by atoms with Gasteiger partial charge < -0.3 is 5.11 Å². The second-order valence-electron chi connectivity index (χ2n) is 5.56. The maximum Gasteiger partial charge on any atom is 0.304 e. The third-order valence-corrected chi connectivity index (χ3v) is 4.83. The van der Waals surface area contributed by atoms with Crippen LogP contribution in [0.1, 0.15) is 33.6 Å². The third kappa shape index (κ3) is 4.27. The molecule has 1 aliphatic heterocycles. The Bertz CT molecular complexity index is 383. The van der Waals surface area contributed by atoms with E-state index in [1.165, 1.54) is 0 Å². The first-order valence-electron chi connectivity index (χ1n) is 5.81. The van der Waals surface area contributed by atoms with Gasteiger partial charge in [-0.3, -0.25) is 9.69 Å². The zero-order valence-corrected chi connectivity index (χ0v) is 11.5. The predicted molar refractivity (Wildman–Crippen MR) is 65.8 cm³/mol. The Morgan fingerprint density at radius 3 is 2.35 bits per heavy atom. The van der Waals surface area contributed by atoms with Gasteiger partial charge in [-0.1, -0.05) is 0 Å². The van der Waals surface area contributed by atoms with Crippen LogP contribution in [0.5, 0.6) is 0 Å². The van der Waals surface area contributed by atoms with Crippen molar-refractivity contribution in [3.8, 4) is 0 Å². The van der Waals surface area contributed by atoms with Crippen LogP contribution in [0.25, 0.3) is 0 Å².